The number of hydrogen-bond donors (Lipinski definition) is 2. The number of rotatable bonds is 4. The molecule has 0 spiro atoms. The van der Waals surface area contributed by atoms with Crippen molar-refractivity contribution >= 4 is 0 Å². The molecular weight excluding hydrogens is 742 g/mol. The molecule has 0 aromatic heterocycles. The maximum Gasteiger partial charge on any atom is 0.200 e. The number of phenols is 2. The second kappa shape index (κ2) is 18.3. The van der Waals surface area contributed by atoms with Crippen molar-refractivity contribution in [3.63, 3.8) is 0 Å². The first-order valence-corrected chi connectivity index (χ1v) is 16.6. The van der Waals surface area contributed by atoms with Crippen molar-refractivity contribution in [1.82, 2.24) is 0 Å². The molecule has 3 aromatic carbocycles. The molecule has 2 nitrogen and oxygen atoms in total. The molecule has 244 valence electrons. The molecule has 3 aliphatic carbocycles. The van der Waals surface area contributed by atoms with Gasteiger partial charge in [0.1, 0.15) is 0 Å². The van der Waals surface area contributed by atoms with Crippen molar-refractivity contribution in [2.75, 3.05) is 0 Å². The Morgan fingerprint density at radius 3 is 1.46 bits per heavy atom. The fourth-order valence-electron chi connectivity index (χ4n) is 7.82. The molecule has 0 unspecified atom stereocenters. The molecule has 3 aromatic rings. The molecule has 6 rings (SSSR count). The minimum absolute atomic E-state index is 0. The van der Waals surface area contributed by atoms with Gasteiger partial charge in [-0.15, -0.1) is 0 Å². The van der Waals surface area contributed by atoms with E-state index in [9.17, 15) is 27.8 Å². The van der Waals surface area contributed by atoms with Crippen LogP contribution in [-0.2, 0) is 65.4 Å². The standard InChI is InChI=1S/C19H26F2O.C19H20F2O.2Y/c2*1-12-2-4-13(5-3-12)14-6-8-15(9-7-14)16-10-11-17(22)19(21)18(16)20;;/h10-15,22H,2-9H2,1H3;6-13,22H,2-5H2,1H3;;. The second-order valence-electron chi connectivity index (χ2n) is 13.8. The Balaban J connectivity index is 0.000000240. The Hall–Kier alpha value is -0.812. The smallest absolute Gasteiger partial charge is 0.200 e. The molecule has 46 heavy (non-hydrogen) atoms. The summed E-state index contributed by atoms with van der Waals surface area (Å²) in [5, 5.41) is 18.4. The van der Waals surface area contributed by atoms with Gasteiger partial charge in [0.25, 0.3) is 0 Å². The van der Waals surface area contributed by atoms with Gasteiger partial charge < -0.3 is 10.2 Å². The van der Waals surface area contributed by atoms with Crippen LogP contribution in [0.15, 0.2) is 48.5 Å². The summed E-state index contributed by atoms with van der Waals surface area (Å²) in [6.45, 7) is 4.64. The summed E-state index contributed by atoms with van der Waals surface area (Å²) in [4.78, 5) is 0. The van der Waals surface area contributed by atoms with Gasteiger partial charge in [-0.3, -0.25) is 0 Å². The van der Waals surface area contributed by atoms with Gasteiger partial charge in [-0.25, -0.2) is 8.78 Å². The Kier molecular flexibility index (Phi) is 15.7. The van der Waals surface area contributed by atoms with Crippen LogP contribution in [0, 0.1) is 46.9 Å². The van der Waals surface area contributed by atoms with Crippen LogP contribution in [0.3, 0.4) is 0 Å². The predicted octanol–water partition coefficient (Wildman–Crippen LogP) is 11.4. The minimum atomic E-state index is -1.19. The predicted molar refractivity (Wildman–Crippen MR) is 168 cm³/mol. The largest absolute Gasteiger partial charge is 0.505 e. The quantitative estimate of drug-likeness (QED) is 0.259. The SMILES string of the molecule is CC1CCC(C2CCC(c3ccc(O)c(F)c3F)CC2)CC1.CC1CCC(c2ccc(-c3ccc(O)c(F)c3F)cc2)CC1.[Y].[Y]. The Morgan fingerprint density at radius 2 is 0.913 bits per heavy atom. The third-order valence-electron chi connectivity index (χ3n) is 10.8. The van der Waals surface area contributed by atoms with E-state index in [1.54, 1.807) is 6.07 Å². The van der Waals surface area contributed by atoms with Crippen LogP contribution in [0.1, 0.15) is 114 Å². The molecule has 0 saturated heterocycles. The van der Waals surface area contributed by atoms with Crippen molar-refractivity contribution in [3.05, 3.63) is 82.9 Å². The van der Waals surface area contributed by atoms with E-state index in [0.717, 1.165) is 49.4 Å². The normalized spacial score (nSPS) is 26.1. The molecule has 2 N–H and O–H groups in total. The maximum atomic E-state index is 14.0. The van der Waals surface area contributed by atoms with Crippen LogP contribution < -0.4 is 0 Å². The van der Waals surface area contributed by atoms with Gasteiger partial charge in [-0.05, 0) is 122 Å². The molecule has 0 aliphatic heterocycles. The van der Waals surface area contributed by atoms with Gasteiger partial charge in [0.2, 0.25) is 11.6 Å². The van der Waals surface area contributed by atoms with Crippen LogP contribution in [0.25, 0.3) is 11.1 Å². The number of hydrogen-bond acceptors (Lipinski definition) is 2. The third-order valence-corrected chi connectivity index (χ3v) is 10.8. The molecule has 8 heteroatoms. The molecule has 3 saturated carbocycles. The molecule has 0 heterocycles. The summed E-state index contributed by atoms with van der Waals surface area (Å²) < 4.78 is 54.9. The summed E-state index contributed by atoms with van der Waals surface area (Å²) in [5.41, 5.74) is 2.53. The van der Waals surface area contributed by atoms with E-state index in [2.05, 4.69) is 13.8 Å². The van der Waals surface area contributed by atoms with E-state index in [0.29, 0.717) is 17.0 Å². The van der Waals surface area contributed by atoms with Crippen LogP contribution >= 0.6 is 0 Å². The Labute approximate surface area is 322 Å². The first-order chi connectivity index (χ1) is 21.1. The summed E-state index contributed by atoms with van der Waals surface area (Å²) in [5.74, 6) is -1.41. The van der Waals surface area contributed by atoms with E-state index in [1.165, 1.54) is 75.1 Å². The van der Waals surface area contributed by atoms with E-state index in [1.807, 2.05) is 24.3 Å². The van der Waals surface area contributed by atoms with Crippen LogP contribution in [0.5, 0.6) is 11.5 Å². The van der Waals surface area contributed by atoms with Gasteiger partial charge in [0.05, 0.1) is 0 Å². The van der Waals surface area contributed by atoms with Crippen LogP contribution in [0.2, 0.25) is 0 Å². The zero-order valence-electron chi connectivity index (χ0n) is 27.1. The molecule has 2 radical (unpaired) electrons. The van der Waals surface area contributed by atoms with E-state index >= 15 is 0 Å². The fraction of sp³-hybridized carbons (Fsp3) is 0.526. The average molecular weight is 789 g/mol. The maximum absolute atomic E-state index is 14.0. The number of benzene rings is 3. The molecule has 0 amide bonds. The summed E-state index contributed by atoms with van der Waals surface area (Å²) in [6.07, 6.45) is 14.4. The molecule has 3 aliphatic rings. The van der Waals surface area contributed by atoms with Crippen molar-refractivity contribution < 1.29 is 93.2 Å². The van der Waals surface area contributed by atoms with Crippen LogP contribution in [-0.4, -0.2) is 10.2 Å². The molecule has 0 bridgehead atoms. The van der Waals surface area contributed by atoms with E-state index in [-0.39, 0.29) is 76.9 Å². The van der Waals surface area contributed by atoms with Crippen molar-refractivity contribution in [2.24, 2.45) is 23.7 Å². The summed E-state index contributed by atoms with van der Waals surface area (Å²) in [6, 6.07) is 13.1. The summed E-state index contributed by atoms with van der Waals surface area (Å²) in [7, 11) is 0. The minimum Gasteiger partial charge on any atom is -0.505 e. The van der Waals surface area contributed by atoms with Gasteiger partial charge in [0.15, 0.2) is 23.1 Å². The molecular formula is C38H46F4O2Y2. The van der Waals surface area contributed by atoms with Gasteiger partial charge in [-0.2, -0.15) is 8.78 Å². The second-order valence-corrected chi connectivity index (χ2v) is 13.8. The van der Waals surface area contributed by atoms with Crippen LogP contribution in [0.4, 0.5) is 17.6 Å². The first-order valence-electron chi connectivity index (χ1n) is 16.6. The molecule has 3 fully saturated rings. The third kappa shape index (κ3) is 9.66. The topological polar surface area (TPSA) is 40.5 Å². The van der Waals surface area contributed by atoms with E-state index in [4.69, 9.17) is 0 Å². The van der Waals surface area contributed by atoms with Gasteiger partial charge in [-0.1, -0.05) is 69.9 Å². The summed E-state index contributed by atoms with van der Waals surface area (Å²) >= 11 is 0. The Morgan fingerprint density at radius 1 is 0.478 bits per heavy atom. The average Bonchev–Trinajstić information content (AvgIpc) is 3.04. The van der Waals surface area contributed by atoms with Gasteiger partial charge in [0, 0.05) is 71.0 Å². The van der Waals surface area contributed by atoms with Crippen molar-refractivity contribution in [2.45, 2.75) is 103 Å². The number of phenolic OH excluding ortho intramolecular Hbond substituents is 2. The molecule has 0 atom stereocenters. The van der Waals surface area contributed by atoms with E-state index < -0.39 is 34.8 Å². The van der Waals surface area contributed by atoms with Gasteiger partial charge >= 0.3 is 0 Å². The first kappa shape index (κ1) is 39.6. The number of aromatic hydroxyl groups is 2. The fourth-order valence-corrected chi connectivity index (χ4v) is 7.82. The van der Waals surface area contributed by atoms with Crippen molar-refractivity contribution in [1.29, 1.82) is 0 Å². The number of halogens is 4. The zero-order chi connectivity index (χ0) is 31.4. The Bertz CT molecular complexity index is 1390. The monoisotopic (exact) mass is 788 g/mol. The van der Waals surface area contributed by atoms with Crippen molar-refractivity contribution in [3.8, 4) is 22.6 Å². The zero-order valence-corrected chi connectivity index (χ0v) is 32.8.